The number of aryl methyl sites for hydroxylation is 1. The van der Waals surface area contributed by atoms with Crippen LogP contribution in [0.4, 0.5) is 5.00 Å². The molecule has 2 amide bonds. The molecule has 154 valence electrons. The number of furan rings is 1. The first kappa shape index (κ1) is 20.8. The van der Waals surface area contributed by atoms with E-state index in [1.807, 2.05) is 0 Å². The fraction of sp³-hybridized carbons (Fsp3) is 0.400. The third-order valence-corrected chi connectivity index (χ3v) is 5.71. The summed E-state index contributed by atoms with van der Waals surface area (Å²) in [4.78, 5) is 37.9. The van der Waals surface area contributed by atoms with Crippen LogP contribution in [0.25, 0.3) is 0 Å². The molecule has 0 saturated carbocycles. The number of hydrogen-bond donors (Lipinski definition) is 2. The van der Waals surface area contributed by atoms with Crippen LogP contribution in [0.1, 0.15) is 52.6 Å². The molecule has 0 aromatic carbocycles. The molecule has 0 spiro atoms. The van der Waals surface area contributed by atoms with Gasteiger partial charge in [-0.2, -0.15) is 5.10 Å². The van der Waals surface area contributed by atoms with Crippen LogP contribution in [0.3, 0.4) is 0 Å². The third kappa shape index (κ3) is 4.92. The lowest BCUT2D eigenvalue weighted by Gasteiger charge is -2.18. The summed E-state index contributed by atoms with van der Waals surface area (Å²) in [6.07, 6.45) is 3.84. The number of esters is 1. The summed E-state index contributed by atoms with van der Waals surface area (Å²) < 4.78 is 10.5. The maximum Gasteiger partial charge on any atom is 0.341 e. The van der Waals surface area contributed by atoms with E-state index in [4.69, 9.17) is 9.15 Å². The molecule has 1 aliphatic rings. The maximum absolute atomic E-state index is 12.5. The van der Waals surface area contributed by atoms with Crippen molar-refractivity contribution >= 4 is 40.3 Å². The highest BCUT2D eigenvalue weighted by Crippen LogP contribution is 2.40. The highest BCUT2D eigenvalue weighted by Gasteiger charge is 2.30. The van der Waals surface area contributed by atoms with Gasteiger partial charge < -0.3 is 14.5 Å². The lowest BCUT2D eigenvalue weighted by Crippen LogP contribution is -2.32. The second-order valence-electron chi connectivity index (χ2n) is 6.88. The van der Waals surface area contributed by atoms with Crippen molar-refractivity contribution in [3.8, 4) is 0 Å². The number of thiophene rings is 1. The smallest absolute Gasteiger partial charge is 0.341 e. The number of carbonyl (C=O) groups excluding carboxylic acids is 3. The van der Waals surface area contributed by atoms with E-state index in [0.717, 1.165) is 29.7 Å². The SMILES string of the molecule is CCOC(=O)c1c(NC(=O)C(=O)NN=Cc2ccc(C)o2)sc2c1CCC(C)C2. The Kier molecular flexibility index (Phi) is 6.48. The summed E-state index contributed by atoms with van der Waals surface area (Å²) >= 11 is 1.32. The molecule has 3 rings (SSSR count). The molecule has 8 nitrogen and oxygen atoms in total. The van der Waals surface area contributed by atoms with Crippen molar-refractivity contribution in [2.24, 2.45) is 11.0 Å². The van der Waals surface area contributed by atoms with Gasteiger partial charge in [-0.1, -0.05) is 6.92 Å². The molecule has 1 atom stereocenters. The number of fused-ring (bicyclic) bond motifs is 1. The Bertz CT molecular complexity index is 959. The number of nitrogens with zero attached hydrogens (tertiary/aromatic N) is 1. The number of hydrogen-bond acceptors (Lipinski definition) is 7. The van der Waals surface area contributed by atoms with Crippen molar-refractivity contribution in [3.63, 3.8) is 0 Å². The van der Waals surface area contributed by atoms with E-state index in [1.165, 1.54) is 17.6 Å². The van der Waals surface area contributed by atoms with Crippen LogP contribution in [-0.4, -0.2) is 30.6 Å². The molecule has 1 aliphatic carbocycles. The van der Waals surface area contributed by atoms with Crippen LogP contribution in [0.2, 0.25) is 0 Å². The lowest BCUT2D eigenvalue weighted by atomic mass is 9.88. The van der Waals surface area contributed by atoms with Gasteiger partial charge in [-0.25, -0.2) is 10.2 Å². The highest BCUT2D eigenvalue weighted by molar-refractivity contribution is 7.17. The third-order valence-electron chi connectivity index (χ3n) is 4.54. The number of ether oxygens (including phenoxy) is 1. The normalized spacial score (nSPS) is 15.8. The van der Waals surface area contributed by atoms with Crippen molar-refractivity contribution in [1.29, 1.82) is 0 Å². The largest absolute Gasteiger partial charge is 0.462 e. The number of hydrazone groups is 1. The van der Waals surface area contributed by atoms with E-state index >= 15 is 0 Å². The summed E-state index contributed by atoms with van der Waals surface area (Å²) in [6.45, 7) is 5.89. The number of anilines is 1. The highest BCUT2D eigenvalue weighted by atomic mass is 32.1. The van der Waals surface area contributed by atoms with Crippen molar-refractivity contribution in [2.75, 3.05) is 11.9 Å². The topological polar surface area (TPSA) is 110 Å². The molecule has 2 aromatic heterocycles. The minimum Gasteiger partial charge on any atom is -0.462 e. The fourth-order valence-corrected chi connectivity index (χ4v) is 4.54. The predicted molar refractivity (Wildman–Crippen MR) is 109 cm³/mol. The minimum atomic E-state index is -0.945. The molecule has 0 saturated heterocycles. The zero-order valence-corrected chi connectivity index (χ0v) is 17.4. The van der Waals surface area contributed by atoms with Crippen molar-refractivity contribution in [3.05, 3.63) is 39.7 Å². The molecular weight excluding hydrogens is 394 g/mol. The van der Waals surface area contributed by atoms with Gasteiger partial charge in [0.1, 0.15) is 16.5 Å². The van der Waals surface area contributed by atoms with Gasteiger partial charge in [0.05, 0.1) is 18.4 Å². The summed E-state index contributed by atoms with van der Waals surface area (Å²) in [5.74, 6) is -0.677. The summed E-state index contributed by atoms with van der Waals surface area (Å²) in [5, 5.41) is 6.60. The van der Waals surface area contributed by atoms with E-state index in [-0.39, 0.29) is 6.61 Å². The molecule has 2 heterocycles. The van der Waals surface area contributed by atoms with Gasteiger partial charge >= 0.3 is 17.8 Å². The first-order valence-corrected chi connectivity index (χ1v) is 10.2. The van der Waals surface area contributed by atoms with E-state index < -0.39 is 17.8 Å². The van der Waals surface area contributed by atoms with Gasteiger partial charge in [0.2, 0.25) is 0 Å². The Morgan fingerprint density at radius 3 is 2.83 bits per heavy atom. The first-order valence-electron chi connectivity index (χ1n) is 9.41. The molecular formula is C20H23N3O5S. The van der Waals surface area contributed by atoms with E-state index in [9.17, 15) is 14.4 Å². The average molecular weight is 417 g/mol. The summed E-state index contributed by atoms with van der Waals surface area (Å²) in [7, 11) is 0. The lowest BCUT2D eigenvalue weighted by molar-refractivity contribution is -0.136. The zero-order chi connectivity index (χ0) is 21.0. The Labute approximate surface area is 172 Å². The molecule has 0 fully saturated rings. The van der Waals surface area contributed by atoms with Gasteiger partial charge in [-0.05, 0) is 56.7 Å². The number of nitrogens with one attached hydrogen (secondary N) is 2. The average Bonchev–Trinajstić information content (AvgIpc) is 3.24. The second kappa shape index (κ2) is 9.04. The molecule has 0 aliphatic heterocycles. The Morgan fingerprint density at radius 1 is 1.34 bits per heavy atom. The number of rotatable bonds is 5. The summed E-state index contributed by atoms with van der Waals surface area (Å²) in [5.41, 5.74) is 3.42. The van der Waals surface area contributed by atoms with Gasteiger partial charge in [0.25, 0.3) is 0 Å². The van der Waals surface area contributed by atoms with Crippen LogP contribution in [-0.2, 0) is 27.2 Å². The van der Waals surface area contributed by atoms with Crippen LogP contribution in [0.5, 0.6) is 0 Å². The van der Waals surface area contributed by atoms with Crippen molar-refractivity contribution in [1.82, 2.24) is 5.43 Å². The Hall–Kier alpha value is -2.94. The summed E-state index contributed by atoms with van der Waals surface area (Å²) in [6, 6.07) is 3.44. The van der Waals surface area contributed by atoms with E-state index in [1.54, 1.807) is 26.0 Å². The van der Waals surface area contributed by atoms with Gasteiger partial charge in [-0.15, -0.1) is 11.3 Å². The quantitative estimate of drug-likeness (QED) is 0.336. The molecule has 0 bridgehead atoms. The van der Waals surface area contributed by atoms with E-state index in [2.05, 4.69) is 22.8 Å². The molecule has 0 radical (unpaired) electrons. The van der Waals surface area contributed by atoms with Crippen LogP contribution < -0.4 is 10.7 Å². The van der Waals surface area contributed by atoms with Gasteiger partial charge in [-0.3, -0.25) is 9.59 Å². The molecule has 2 aromatic rings. The van der Waals surface area contributed by atoms with E-state index in [0.29, 0.717) is 28.0 Å². The van der Waals surface area contributed by atoms with Gasteiger partial charge in [0, 0.05) is 4.88 Å². The number of carbonyl (C=O) groups is 3. The predicted octanol–water partition coefficient (Wildman–Crippen LogP) is 3.04. The minimum absolute atomic E-state index is 0.231. The van der Waals surface area contributed by atoms with Crippen LogP contribution >= 0.6 is 11.3 Å². The first-order chi connectivity index (χ1) is 13.9. The van der Waals surface area contributed by atoms with Crippen molar-refractivity contribution in [2.45, 2.75) is 40.0 Å². The van der Waals surface area contributed by atoms with Gasteiger partial charge in [0.15, 0.2) is 0 Å². The fourth-order valence-electron chi connectivity index (χ4n) is 3.15. The Balaban J connectivity index is 1.72. The maximum atomic E-state index is 12.5. The molecule has 29 heavy (non-hydrogen) atoms. The standard InChI is InChI=1S/C20H23N3O5S/c1-4-27-20(26)16-14-8-5-11(2)9-15(14)29-19(16)22-17(24)18(25)23-21-10-13-7-6-12(3)28-13/h6-7,10-11H,4-5,8-9H2,1-3H3,(H,22,24)(H,23,25). The second-order valence-corrected chi connectivity index (χ2v) is 7.98. The molecule has 9 heteroatoms. The Morgan fingerprint density at radius 2 is 2.14 bits per heavy atom. The zero-order valence-electron chi connectivity index (χ0n) is 16.5. The molecule has 1 unspecified atom stereocenters. The number of amides is 2. The van der Waals surface area contributed by atoms with Crippen LogP contribution in [0.15, 0.2) is 21.7 Å². The van der Waals surface area contributed by atoms with Crippen LogP contribution in [0, 0.1) is 12.8 Å². The molecule has 2 N–H and O–H groups in total. The van der Waals surface area contributed by atoms with Crippen molar-refractivity contribution < 1.29 is 23.5 Å². The monoisotopic (exact) mass is 417 g/mol.